The number of aryl methyl sites for hydroxylation is 2. The molecule has 3 aromatic rings. The van der Waals surface area contributed by atoms with Gasteiger partial charge in [0.1, 0.15) is 10.7 Å². The lowest BCUT2D eigenvalue weighted by atomic mass is 10.0. The highest BCUT2D eigenvalue weighted by Crippen LogP contribution is 2.35. The van der Waals surface area contributed by atoms with Gasteiger partial charge in [0.15, 0.2) is 0 Å². The van der Waals surface area contributed by atoms with Crippen molar-refractivity contribution in [2.24, 2.45) is 0 Å². The molecule has 0 amide bonds. The molecule has 0 aliphatic carbocycles. The average molecular weight is 389 g/mol. The molecule has 3 rings (SSSR count). The standard InChI is InChI=1S/C19H20N2O3S2/c1-4-24-15(22)10-25-9-14-20-18(23)17-16(12(3)26-19(17)21-14)13-7-5-11(2)6-8-13/h5-8H,4,9-10H2,1-3H3,(H,20,21,23). The van der Waals surface area contributed by atoms with Crippen molar-refractivity contribution < 1.29 is 9.53 Å². The van der Waals surface area contributed by atoms with Gasteiger partial charge in [0, 0.05) is 10.4 Å². The summed E-state index contributed by atoms with van der Waals surface area (Å²) in [6.45, 7) is 6.20. The van der Waals surface area contributed by atoms with Gasteiger partial charge in [-0.25, -0.2) is 4.98 Å². The van der Waals surface area contributed by atoms with Gasteiger partial charge in [0.2, 0.25) is 0 Å². The topological polar surface area (TPSA) is 72.0 Å². The smallest absolute Gasteiger partial charge is 0.315 e. The molecule has 26 heavy (non-hydrogen) atoms. The number of esters is 1. The number of thiophene rings is 1. The molecule has 1 aromatic carbocycles. The maximum Gasteiger partial charge on any atom is 0.315 e. The number of benzene rings is 1. The Labute approximate surface area is 159 Å². The summed E-state index contributed by atoms with van der Waals surface area (Å²) in [5.74, 6) is 1.03. The quantitative estimate of drug-likeness (QED) is 0.645. The third-order valence-corrected chi connectivity index (χ3v) is 5.81. The lowest BCUT2D eigenvalue weighted by Gasteiger charge is -2.04. The Morgan fingerprint density at radius 3 is 2.69 bits per heavy atom. The maximum atomic E-state index is 12.7. The first-order valence-corrected chi connectivity index (χ1v) is 10.3. The predicted octanol–water partition coefficient (Wildman–Crippen LogP) is 4.06. The van der Waals surface area contributed by atoms with E-state index in [0.717, 1.165) is 20.8 Å². The zero-order valence-corrected chi connectivity index (χ0v) is 16.6. The van der Waals surface area contributed by atoms with Crippen LogP contribution in [0.25, 0.3) is 21.3 Å². The number of hydrogen-bond acceptors (Lipinski definition) is 6. The number of hydrogen-bond donors (Lipinski definition) is 1. The summed E-state index contributed by atoms with van der Waals surface area (Å²) in [5.41, 5.74) is 3.01. The van der Waals surface area contributed by atoms with Crippen molar-refractivity contribution in [3.8, 4) is 11.1 Å². The first kappa shape index (κ1) is 18.7. The summed E-state index contributed by atoms with van der Waals surface area (Å²) in [4.78, 5) is 33.3. The van der Waals surface area contributed by atoms with E-state index in [1.165, 1.54) is 28.7 Å². The molecule has 0 aliphatic rings. The van der Waals surface area contributed by atoms with Gasteiger partial charge in [0.05, 0.1) is 23.5 Å². The fourth-order valence-corrected chi connectivity index (χ4v) is 4.48. The Balaban J connectivity index is 1.90. The molecule has 0 atom stereocenters. The van der Waals surface area contributed by atoms with Crippen LogP contribution in [0.5, 0.6) is 0 Å². The molecule has 2 heterocycles. The molecule has 0 aliphatic heterocycles. The van der Waals surface area contributed by atoms with Gasteiger partial charge < -0.3 is 9.72 Å². The molecular weight excluding hydrogens is 368 g/mol. The lowest BCUT2D eigenvalue weighted by Crippen LogP contribution is -2.12. The van der Waals surface area contributed by atoms with Gasteiger partial charge in [-0.05, 0) is 26.3 Å². The number of carbonyl (C=O) groups is 1. The van der Waals surface area contributed by atoms with Gasteiger partial charge in [-0.2, -0.15) is 0 Å². The number of carbonyl (C=O) groups excluding carboxylic acids is 1. The highest BCUT2D eigenvalue weighted by Gasteiger charge is 2.16. The number of nitrogens with zero attached hydrogens (tertiary/aromatic N) is 1. The Kier molecular flexibility index (Phi) is 5.78. The van der Waals surface area contributed by atoms with Crippen LogP contribution in [0.15, 0.2) is 29.1 Å². The van der Waals surface area contributed by atoms with Crippen molar-refractivity contribution in [3.63, 3.8) is 0 Å². The van der Waals surface area contributed by atoms with E-state index < -0.39 is 0 Å². The van der Waals surface area contributed by atoms with E-state index in [-0.39, 0.29) is 17.3 Å². The lowest BCUT2D eigenvalue weighted by molar-refractivity contribution is -0.139. The number of ether oxygens (including phenoxy) is 1. The van der Waals surface area contributed by atoms with Gasteiger partial charge in [-0.15, -0.1) is 23.1 Å². The predicted molar refractivity (Wildman–Crippen MR) is 108 cm³/mol. The van der Waals surface area contributed by atoms with Crippen molar-refractivity contribution in [3.05, 3.63) is 50.9 Å². The second kappa shape index (κ2) is 8.05. The molecule has 1 N–H and O–H groups in total. The highest BCUT2D eigenvalue weighted by molar-refractivity contribution is 7.99. The Bertz CT molecular complexity index is 990. The van der Waals surface area contributed by atoms with E-state index >= 15 is 0 Å². The van der Waals surface area contributed by atoms with Crippen LogP contribution in [-0.4, -0.2) is 28.3 Å². The summed E-state index contributed by atoms with van der Waals surface area (Å²) in [6, 6.07) is 8.15. The molecule has 0 saturated carbocycles. The summed E-state index contributed by atoms with van der Waals surface area (Å²) in [5, 5.41) is 0.635. The van der Waals surface area contributed by atoms with Crippen molar-refractivity contribution >= 4 is 39.3 Å². The third-order valence-electron chi connectivity index (χ3n) is 3.89. The summed E-state index contributed by atoms with van der Waals surface area (Å²) >= 11 is 2.90. The largest absolute Gasteiger partial charge is 0.465 e. The minimum Gasteiger partial charge on any atom is -0.465 e. The average Bonchev–Trinajstić information content (AvgIpc) is 2.92. The molecule has 136 valence electrons. The second-order valence-electron chi connectivity index (χ2n) is 5.89. The molecule has 2 aromatic heterocycles. The molecule has 0 fully saturated rings. The van der Waals surface area contributed by atoms with Gasteiger partial charge in [-0.1, -0.05) is 29.8 Å². The SMILES string of the molecule is CCOC(=O)CSCc1nc2sc(C)c(-c3ccc(C)cc3)c2c(=O)[nH]1. The van der Waals surface area contributed by atoms with Crippen LogP contribution in [0.3, 0.4) is 0 Å². The van der Waals surface area contributed by atoms with Gasteiger partial charge in [0.25, 0.3) is 5.56 Å². The van der Waals surface area contributed by atoms with E-state index in [4.69, 9.17) is 4.74 Å². The Morgan fingerprint density at radius 2 is 2.00 bits per heavy atom. The van der Waals surface area contributed by atoms with Crippen molar-refractivity contribution in [1.82, 2.24) is 9.97 Å². The van der Waals surface area contributed by atoms with E-state index in [2.05, 4.69) is 9.97 Å². The first-order chi connectivity index (χ1) is 12.5. The zero-order valence-electron chi connectivity index (χ0n) is 14.9. The van der Waals surface area contributed by atoms with Crippen LogP contribution in [0.4, 0.5) is 0 Å². The monoisotopic (exact) mass is 388 g/mol. The fourth-order valence-electron chi connectivity index (χ4n) is 2.73. The number of rotatable bonds is 6. The van der Waals surface area contributed by atoms with Crippen LogP contribution >= 0.6 is 23.1 Å². The molecule has 0 radical (unpaired) electrons. The van der Waals surface area contributed by atoms with E-state index in [1.54, 1.807) is 6.92 Å². The van der Waals surface area contributed by atoms with Crippen molar-refractivity contribution in [1.29, 1.82) is 0 Å². The Morgan fingerprint density at radius 1 is 1.27 bits per heavy atom. The highest BCUT2D eigenvalue weighted by atomic mass is 32.2. The van der Waals surface area contributed by atoms with Crippen LogP contribution in [0.1, 0.15) is 23.2 Å². The first-order valence-electron chi connectivity index (χ1n) is 8.32. The minimum atomic E-state index is -0.255. The molecule has 5 nitrogen and oxygen atoms in total. The Hall–Kier alpha value is -2.12. The number of thioether (sulfide) groups is 1. The zero-order chi connectivity index (χ0) is 18.7. The number of nitrogens with one attached hydrogen (secondary N) is 1. The second-order valence-corrected chi connectivity index (χ2v) is 8.08. The van der Waals surface area contributed by atoms with Crippen molar-refractivity contribution in [2.45, 2.75) is 26.5 Å². The molecule has 0 unspecified atom stereocenters. The van der Waals surface area contributed by atoms with E-state index in [0.29, 0.717) is 23.6 Å². The van der Waals surface area contributed by atoms with E-state index in [9.17, 15) is 9.59 Å². The summed E-state index contributed by atoms with van der Waals surface area (Å²) < 4.78 is 4.90. The minimum absolute atomic E-state index is 0.137. The van der Waals surface area contributed by atoms with Crippen LogP contribution in [0, 0.1) is 13.8 Å². The molecular formula is C19H20N2O3S2. The molecule has 0 spiro atoms. The molecule has 0 saturated heterocycles. The van der Waals surface area contributed by atoms with Crippen LogP contribution in [-0.2, 0) is 15.3 Å². The van der Waals surface area contributed by atoms with Crippen LogP contribution < -0.4 is 5.56 Å². The normalized spacial score (nSPS) is 11.0. The summed E-state index contributed by atoms with van der Waals surface area (Å²) in [7, 11) is 0. The fraction of sp³-hybridized carbons (Fsp3) is 0.316. The number of fused-ring (bicyclic) bond motifs is 1. The summed E-state index contributed by atoms with van der Waals surface area (Å²) in [6.07, 6.45) is 0. The van der Waals surface area contributed by atoms with Gasteiger partial charge >= 0.3 is 5.97 Å². The third kappa shape index (κ3) is 3.99. The van der Waals surface area contributed by atoms with E-state index in [1.807, 2.05) is 38.1 Å². The van der Waals surface area contributed by atoms with Crippen LogP contribution in [0.2, 0.25) is 0 Å². The number of aromatic amines is 1. The number of H-pyrrole nitrogens is 1. The molecule has 7 heteroatoms. The van der Waals surface area contributed by atoms with Crippen molar-refractivity contribution in [2.75, 3.05) is 12.4 Å². The van der Waals surface area contributed by atoms with Gasteiger partial charge in [-0.3, -0.25) is 9.59 Å². The maximum absolute atomic E-state index is 12.7. The number of aromatic nitrogens is 2. The molecule has 0 bridgehead atoms.